The molecule has 3 heterocycles. The van der Waals surface area contributed by atoms with E-state index >= 15 is 0 Å². The van der Waals surface area contributed by atoms with Gasteiger partial charge in [0.15, 0.2) is 11.6 Å². The Bertz CT molecular complexity index is 833. The summed E-state index contributed by atoms with van der Waals surface area (Å²) in [5.41, 5.74) is 13.1. The Morgan fingerprint density at radius 1 is 1.09 bits per heavy atom. The van der Waals surface area contributed by atoms with Crippen LogP contribution in [0.3, 0.4) is 0 Å². The molecule has 0 aliphatic rings. The first-order chi connectivity index (χ1) is 10.6. The number of nitrogens with zero attached hydrogens (tertiary/aromatic N) is 4. The van der Waals surface area contributed by atoms with Gasteiger partial charge in [-0.05, 0) is 12.0 Å². The van der Waals surface area contributed by atoms with Gasteiger partial charge in [-0.25, -0.2) is 4.98 Å². The third kappa shape index (κ3) is 2.48. The van der Waals surface area contributed by atoms with Gasteiger partial charge < -0.3 is 16.2 Å². The second-order valence-electron chi connectivity index (χ2n) is 5.17. The van der Waals surface area contributed by atoms with Crippen molar-refractivity contribution < 1.29 is 4.74 Å². The maximum Gasteiger partial charge on any atom is 0.222 e. The lowest BCUT2D eigenvalue weighted by Gasteiger charge is -2.16. The van der Waals surface area contributed by atoms with Crippen molar-refractivity contribution in [3.63, 3.8) is 0 Å². The van der Waals surface area contributed by atoms with Gasteiger partial charge in [0.25, 0.3) is 0 Å². The van der Waals surface area contributed by atoms with E-state index in [0.717, 1.165) is 16.5 Å². The summed E-state index contributed by atoms with van der Waals surface area (Å²) < 4.78 is 6.00. The monoisotopic (exact) mass is 296 g/mol. The molecule has 7 heteroatoms. The molecular weight excluding hydrogens is 280 g/mol. The maximum atomic E-state index is 6.00. The summed E-state index contributed by atoms with van der Waals surface area (Å²) in [4.78, 5) is 16.3. The molecule has 0 unspecified atom stereocenters. The van der Waals surface area contributed by atoms with E-state index in [2.05, 4.69) is 33.8 Å². The molecule has 22 heavy (non-hydrogen) atoms. The molecule has 3 rings (SSSR count). The molecule has 0 amide bonds. The van der Waals surface area contributed by atoms with Crippen LogP contribution in [0.2, 0.25) is 0 Å². The predicted molar refractivity (Wildman–Crippen MR) is 84.6 cm³/mol. The number of hydrogen-bond acceptors (Lipinski definition) is 7. The summed E-state index contributed by atoms with van der Waals surface area (Å²) in [6.07, 6.45) is 6.65. The fourth-order valence-electron chi connectivity index (χ4n) is 2.15. The largest absolute Gasteiger partial charge is 0.451 e. The van der Waals surface area contributed by atoms with Crippen LogP contribution in [0.4, 0.5) is 11.8 Å². The van der Waals surface area contributed by atoms with Gasteiger partial charge >= 0.3 is 0 Å². The van der Waals surface area contributed by atoms with Gasteiger partial charge in [-0.15, -0.1) is 0 Å². The minimum absolute atomic E-state index is 0.109. The Morgan fingerprint density at radius 3 is 2.64 bits per heavy atom. The average molecular weight is 296 g/mol. The SMILES string of the molecule is CC(C)c1cnc2cnccc2c1Oc1cnc(N)nc1N. The van der Waals surface area contributed by atoms with Crippen LogP contribution in [0.25, 0.3) is 10.9 Å². The van der Waals surface area contributed by atoms with E-state index in [-0.39, 0.29) is 17.7 Å². The second-order valence-corrected chi connectivity index (χ2v) is 5.17. The summed E-state index contributed by atoms with van der Waals surface area (Å²) in [7, 11) is 0. The Balaban J connectivity index is 2.17. The highest BCUT2D eigenvalue weighted by molar-refractivity contribution is 5.86. The summed E-state index contributed by atoms with van der Waals surface area (Å²) >= 11 is 0. The number of rotatable bonds is 3. The summed E-state index contributed by atoms with van der Waals surface area (Å²) in [5.74, 6) is 1.58. The van der Waals surface area contributed by atoms with Crippen molar-refractivity contribution in [2.75, 3.05) is 11.5 Å². The number of nitrogens with two attached hydrogens (primary N) is 2. The molecule has 0 atom stereocenters. The molecule has 3 aromatic rings. The zero-order valence-electron chi connectivity index (χ0n) is 12.3. The van der Waals surface area contributed by atoms with E-state index in [9.17, 15) is 0 Å². The van der Waals surface area contributed by atoms with Gasteiger partial charge in [-0.3, -0.25) is 9.97 Å². The minimum atomic E-state index is 0.109. The van der Waals surface area contributed by atoms with Gasteiger partial charge in [-0.1, -0.05) is 13.8 Å². The number of hydrogen-bond donors (Lipinski definition) is 2. The summed E-state index contributed by atoms with van der Waals surface area (Å²) in [6.45, 7) is 4.14. The van der Waals surface area contributed by atoms with E-state index < -0.39 is 0 Å². The molecule has 0 spiro atoms. The van der Waals surface area contributed by atoms with E-state index in [0.29, 0.717) is 11.5 Å². The fraction of sp³-hybridized carbons (Fsp3) is 0.200. The molecule has 0 bridgehead atoms. The molecule has 0 aliphatic heterocycles. The molecule has 7 nitrogen and oxygen atoms in total. The van der Waals surface area contributed by atoms with E-state index in [1.54, 1.807) is 18.6 Å². The highest BCUT2D eigenvalue weighted by Gasteiger charge is 2.16. The van der Waals surface area contributed by atoms with Crippen molar-refractivity contribution in [3.8, 4) is 11.5 Å². The number of fused-ring (bicyclic) bond motifs is 1. The topological polar surface area (TPSA) is 113 Å². The molecule has 3 aromatic heterocycles. The zero-order chi connectivity index (χ0) is 15.7. The third-order valence-electron chi connectivity index (χ3n) is 3.29. The Kier molecular flexibility index (Phi) is 3.46. The van der Waals surface area contributed by atoms with Crippen LogP contribution >= 0.6 is 0 Å². The third-order valence-corrected chi connectivity index (χ3v) is 3.29. The van der Waals surface area contributed by atoms with Gasteiger partial charge in [0, 0.05) is 23.3 Å². The minimum Gasteiger partial charge on any atom is -0.451 e. The fourth-order valence-corrected chi connectivity index (χ4v) is 2.15. The molecule has 4 N–H and O–H groups in total. The Morgan fingerprint density at radius 2 is 1.91 bits per heavy atom. The standard InChI is InChI=1S/C15H16N6O/c1-8(2)10-5-19-11-6-18-4-3-9(11)13(10)22-12-7-20-15(17)21-14(12)16/h3-8H,1-2H3,(H4,16,17,20,21). The average Bonchev–Trinajstić information content (AvgIpc) is 2.50. The molecule has 112 valence electrons. The predicted octanol–water partition coefficient (Wildman–Crippen LogP) is 2.50. The number of ether oxygens (including phenoxy) is 1. The Labute approximate surface area is 127 Å². The van der Waals surface area contributed by atoms with Gasteiger partial charge in [-0.2, -0.15) is 4.98 Å². The van der Waals surface area contributed by atoms with Gasteiger partial charge in [0.1, 0.15) is 5.75 Å². The molecule has 0 aliphatic carbocycles. The molecule has 0 aromatic carbocycles. The molecule has 0 saturated carbocycles. The van der Waals surface area contributed by atoms with Crippen molar-refractivity contribution in [1.29, 1.82) is 0 Å². The van der Waals surface area contributed by atoms with Gasteiger partial charge in [0.2, 0.25) is 5.95 Å². The van der Waals surface area contributed by atoms with Crippen LogP contribution in [0.5, 0.6) is 11.5 Å². The quantitative estimate of drug-likeness (QED) is 0.763. The lowest BCUT2D eigenvalue weighted by Crippen LogP contribution is -2.03. The van der Waals surface area contributed by atoms with Crippen LogP contribution < -0.4 is 16.2 Å². The zero-order valence-corrected chi connectivity index (χ0v) is 12.3. The van der Waals surface area contributed by atoms with Crippen molar-refractivity contribution in [1.82, 2.24) is 19.9 Å². The highest BCUT2D eigenvalue weighted by Crippen LogP contribution is 2.37. The molecular formula is C15H16N6O. The maximum absolute atomic E-state index is 6.00. The normalized spacial score (nSPS) is 11.0. The van der Waals surface area contributed by atoms with Crippen LogP contribution in [0, 0.1) is 0 Å². The molecule has 0 fully saturated rings. The van der Waals surface area contributed by atoms with Gasteiger partial charge in [0.05, 0.1) is 17.9 Å². The van der Waals surface area contributed by atoms with E-state index in [1.807, 2.05) is 6.07 Å². The van der Waals surface area contributed by atoms with Crippen molar-refractivity contribution in [3.05, 3.63) is 36.4 Å². The van der Waals surface area contributed by atoms with Crippen molar-refractivity contribution in [2.24, 2.45) is 0 Å². The number of pyridine rings is 2. The van der Waals surface area contributed by atoms with Crippen molar-refractivity contribution in [2.45, 2.75) is 19.8 Å². The first-order valence-electron chi connectivity index (χ1n) is 6.84. The number of anilines is 2. The van der Waals surface area contributed by atoms with E-state index in [4.69, 9.17) is 16.2 Å². The van der Waals surface area contributed by atoms with Crippen LogP contribution in [-0.4, -0.2) is 19.9 Å². The smallest absolute Gasteiger partial charge is 0.222 e. The lowest BCUT2D eigenvalue weighted by atomic mass is 10.0. The Hall–Kier alpha value is -2.96. The van der Waals surface area contributed by atoms with Crippen LogP contribution in [0.1, 0.15) is 25.3 Å². The van der Waals surface area contributed by atoms with E-state index in [1.165, 1.54) is 6.20 Å². The lowest BCUT2D eigenvalue weighted by molar-refractivity contribution is 0.476. The molecule has 0 saturated heterocycles. The van der Waals surface area contributed by atoms with Crippen molar-refractivity contribution >= 4 is 22.7 Å². The first-order valence-corrected chi connectivity index (χ1v) is 6.84. The number of nitrogen functional groups attached to an aromatic ring is 2. The highest BCUT2D eigenvalue weighted by atomic mass is 16.5. The first kappa shape index (κ1) is 14.0. The van der Waals surface area contributed by atoms with Crippen LogP contribution in [-0.2, 0) is 0 Å². The summed E-state index contributed by atoms with van der Waals surface area (Å²) in [5, 5.41) is 0.859. The summed E-state index contributed by atoms with van der Waals surface area (Å²) in [6, 6.07) is 1.86. The second kappa shape index (κ2) is 5.44. The number of aromatic nitrogens is 4. The molecule has 0 radical (unpaired) electrons. The van der Waals surface area contributed by atoms with Crippen LogP contribution in [0.15, 0.2) is 30.9 Å².